The molecule has 0 saturated carbocycles. The molecule has 0 spiro atoms. The number of benzene rings is 2. The average Bonchev–Trinajstić information content (AvgIpc) is 1.39. The van der Waals surface area contributed by atoms with Crippen molar-refractivity contribution in [1.29, 1.82) is 10.8 Å². The predicted molar refractivity (Wildman–Crippen MR) is 330 cm³/mol. The van der Waals surface area contributed by atoms with Gasteiger partial charge in [0.2, 0.25) is 41.7 Å². The summed E-state index contributed by atoms with van der Waals surface area (Å²) in [5.74, 6) is -10.0. The van der Waals surface area contributed by atoms with Crippen LogP contribution in [-0.2, 0) is 63.7 Å². The first-order valence-corrected chi connectivity index (χ1v) is 31.9. The Morgan fingerprint density at radius 2 is 1.20 bits per heavy atom. The van der Waals surface area contributed by atoms with Crippen LogP contribution in [-0.4, -0.2) is 317 Å². The molecular formula is C60H88N12O26. The van der Waals surface area contributed by atoms with E-state index in [9.17, 15) is 90.4 Å². The minimum atomic E-state index is -2.37. The van der Waals surface area contributed by atoms with Crippen LogP contribution < -0.4 is 52.6 Å². The van der Waals surface area contributed by atoms with Gasteiger partial charge in [-0.3, -0.25) is 44.4 Å². The average molecular weight is 1390 g/mol. The Labute approximate surface area is 559 Å². The maximum atomic E-state index is 15.2. The standard InChI is InChI=1S/C60H88N12O26/c1-3-4-6-11-36(77)93-23-34-50(98-58-48(86)45(83)43(81)33(22-75)96-58)46(84)49(87)57(97-34)94-27-14-12-25(13-15-27)16-28-52(89)70-38(40(78)29-17-64-59(61)68-29)55(92)71-39(41(79)31-18-65-60(62)72(31)56-47(85)44(82)42(80)32(21-74)95-56)54(91)67-30(20-73)51(88)63-19-35(76)69-37(53(90)66-28)24(2)26-9-7-5-8-10-26/h5,7-10,12-15,24,28-34,37-50,56-58,73-75,78-87H,3-4,6,11,16-23H2,1-2H3,(H2,62,65)(H,63,88)(H,66,90)(H,67,91)(H,69,76)(H,70,89)(H,71,92)(H3,61,64,68). The molecule has 25 atom stereocenters. The first-order chi connectivity index (χ1) is 46.7. The summed E-state index contributed by atoms with van der Waals surface area (Å²) in [6.07, 6.45) is -30.3. The van der Waals surface area contributed by atoms with E-state index in [1.807, 2.05) is 6.92 Å². The van der Waals surface area contributed by atoms with Gasteiger partial charge in [-0.05, 0) is 29.7 Å². The fourth-order valence-electron chi connectivity index (χ4n) is 12.0. The third-order valence-electron chi connectivity index (χ3n) is 17.8. The second-order valence-electron chi connectivity index (χ2n) is 24.6. The zero-order valence-corrected chi connectivity index (χ0v) is 53.2. The number of hydrogen-bond donors (Lipinski definition) is 24. The number of aliphatic hydroxyl groups excluding tert-OH is 13. The van der Waals surface area contributed by atoms with Crippen molar-refractivity contribution in [3.63, 3.8) is 0 Å². The van der Waals surface area contributed by atoms with Crippen molar-refractivity contribution < 1.29 is 128 Å². The zero-order valence-electron chi connectivity index (χ0n) is 53.2. The van der Waals surface area contributed by atoms with Gasteiger partial charge in [0.1, 0.15) is 128 Å². The molecule has 8 rings (SSSR count). The van der Waals surface area contributed by atoms with E-state index in [4.69, 9.17) is 39.2 Å². The minimum Gasteiger partial charge on any atom is -0.463 e. The zero-order chi connectivity index (χ0) is 71.4. The fraction of sp³-hybridized carbons (Fsp3) is 0.650. The lowest BCUT2D eigenvalue weighted by atomic mass is 9.92. The Morgan fingerprint density at radius 1 is 0.602 bits per heavy atom. The molecule has 25 unspecified atom stereocenters. The molecule has 6 aliphatic rings. The molecular weight excluding hydrogens is 1300 g/mol. The van der Waals surface area contributed by atoms with E-state index in [0.29, 0.717) is 18.4 Å². The topological polar surface area (TPSA) is 597 Å². The minimum absolute atomic E-state index is 0.00101. The molecule has 38 heteroatoms. The Hall–Kier alpha value is -7.61. The number of aliphatic hydroxyl groups is 13. The molecule has 0 aromatic heterocycles. The van der Waals surface area contributed by atoms with Crippen molar-refractivity contribution in [3.05, 3.63) is 65.7 Å². The van der Waals surface area contributed by atoms with Crippen molar-refractivity contribution in [2.24, 2.45) is 0 Å². The summed E-state index contributed by atoms with van der Waals surface area (Å²) in [5.41, 5.74) is 0.686. The maximum absolute atomic E-state index is 15.2. The van der Waals surface area contributed by atoms with Gasteiger partial charge in [-0.1, -0.05) is 69.2 Å². The molecule has 6 fully saturated rings. The molecule has 2 aromatic rings. The van der Waals surface area contributed by atoms with Gasteiger partial charge in [0.25, 0.3) is 0 Å². The molecule has 98 heavy (non-hydrogen) atoms. The quantitative estimate of drug-likeness (QED) is 0.0384. The van der Waals surface area contributed by atoms with E-state index in [1.54, 1.807) is 37.3 Å². The highest BCUT2D eigenvalue weighted by atomic mass is 16.7. The molecule has 6 heterocycles. The van der Waals surface area contributed by atoms with Gasteiger partial charge in [0, 0.05) is 31.8 Å². The number of carbonyl (C=O) groups is 7. The van der Waals surface area contributed by atoms with Crippen molar-refractivity contribution >= 4 is 53.3 Å². The van der Waals surface area contributed by atoms with Crippen molar-refractivity contribution in [1.82, 2.24) is 52.8 Å². The number of unbranched alkanes of at least 4 members (excludes halogenated alkanes) is 2. The van der Waals surface area contributed by atoms with Crippen LogP contribution in [0, 0.1) is 10.8 Å². The summed E-state index contributed by atoms with van der Waals surface area (Å²) in [4.78, 5) is 101. The maximum Gasteiger partial charge on any atom is 0.305 e. The van der Waals surface area contributed by atoms with Gasteiger partial charge >= 0.3 is 5.97 Å². The highest BCUT2D eigenvalue weighted by Crippen LogP contribution is 2.33. The third kappa shape index (κ3) is 18.0. The number of hydrogen-bond acceptors (Lipinski definition) is 28. The van der Waals surface area contributed by atoms with Crippen LogP contribution in [0.2, 0.25) is 0 Å². The number of ether oxygens (including phenoxy) is 6. The second-order valence-corrected chi connectivity index (χ2v) is 24.6. The molecule has 544 valence electrons. The van der Waals surface area contributed by atoms with E-state index < -0.39 is 246 Å². The highest BCUT2D eigenvalue weighted by molar-refractivity contribution is 5.98. The number of amides is 6. The lowest BCUT2D eigenvalue weighted by molar-refractivity contribution is -0.352. The number of nitrogens with zero attached hydrogens (tertiary/aromatic N) is 1. The molecule has 2 aromatic carbocycles. The number of esters is 1. The lowest BCUT2D eigenvalue weighted by Gasteiger charge is -2.46. The van der Waals surface area contributed by atoms with Crippen LogP contribution >= 0.6 is 0 Å². The number of nitrogens with one attached hydrogen (secondary N) is 11. The smallest absolute Gasteiger partial charge is 0.305 e. The van der Waals surface area contributed by atoms with Gasteiger partial charge in [-0.25, -0.2) is 0 Å². The molecule has 0 radical (unpaired) electrons. The number of rotatable bonds is 22. The summed E-state index contributed by atoms with van der Waals surface area (Å²) in [6.45, 7) is -1.76. The van der Waals surface area contributed by atoms with E-state index in [1.165, 1.54) is 24.3 Å². The first kappa shape index (κ1) is 76.1. The van der Waals surface area contributed by atoms with Crippen LogP contribution in [0.4, 0.5) is 0 Å². The largest absolute Gasteiger partial charge is 0.463 e. The van der Waals surface area contributed by atoms with Crippen LogP contribution in [0.1, 0.15) is 56.6 Å². The Balaban J connectivity index is 1.12. The van der Waals surface area contributed by atoms with Crippen LogP contribution in [0.5, 0.6) is 5.75 Å². The normalized spacial score (nSPS) is 35.6. The monoisotopic (exact) mass is 1390 g/mol. The van der Waals surface area contributed by atoms with Gasteiger partial charge in [-0.2, -0.15) is 0 Å². The third-order valence-corrected chi connectivity index (χ3v) is 17.8. The number of guanidine groups is 2. The molecule has 0 bridgehead atoms. The van der Waals surface area contributed by atoms with Crippen molar-refractivity contribution in [2.45, 2.75) is 198 Å². The Morgan fingerprint density at radius 3 is 1.85 bits per heavy atom. The van der Waals surface area contributed by atoms with Crippen LogP contribution in [0.3, 0.4) is 0 Å². The first-order valence-electron chi connectivity index (χ1n) is 31.9. The highest BCUT2D eigenvalue weighted by Gasteiger charge is 2.55. The van der Waals surface area contributed by atoms with E-state index >= 15 is 9.59 Å². The summed E-state index contributed by atoms with van der Waals surface area (Å²) in [7, 11) is 0. The summed E-state index contributed by atoms with van der Waals surface area (Å²) >= 11 is 0. The SMILES string of the molecule is CCCCCC(=O)OCC1OC(Oc2ccc(CC3NC(=O)C(C(C)c4ccccc4)NC(=O)CNC(=O)C(CO)NC(=O)C(C(O)C4CNC(=N)N4C4OC(CO)C(O)C(O)C4O)NC(=O)C(C(O)C4CNC(=N)N4)NC3=O)cc2)C(O)C(O)C1OC1OC(CO)C(O)C(O)C1O. The van der Waals surface area contributed by atoms with Gasteiger partial charge < -0.3 is 148 Å². The second kappa shape index (κ2) is 34.4. The Kier molecular flexibility index (Phi) is 26.8. The van der Waals surface area contributed by atoms with Crippen LogP contribution in [0.25, 0.3) is 0 Å². The molecule has 0 aliphatic carbocycles. The molecule has 6 aliphatic heterocycles. The molecule has 24 N–H and O–H groups in total. The van der Waals surface area contributed by atoms with Crippen LogP contribution in [0.15, 0.2) is 54.6 Å². The van der Waals surface area contributed by atoms with Crippen molar-refractivity contribution in [2.75, 3.05) is 46.1 Å². The summed E-state index contributed by atoms with van der Waals surface area (Å²) in [5, 5.41) is 181. The lowest BCUT2D eigenvalue weighted by Crippen LogP contribution is -2.69. The summed E-state index contributed by atoms with van der Waals surface area (Å²) < 4.78 is 34.5. The Bertz CT molecular complexity index is 3080. The number of carbonyl (C=O) groups excluding carboxylic acids is 7. The van der Waals surface area contributed by atoms with E-state index in [2.05, 4.69) is 47.9 Å². The fourth-order valence-corrected chi connectivity index (χ4v) is 12.0. The molecule has 38 nitrogen and oxygen atoms in total. The predicted octanol–water partition coefficient (Wildman–Crippen LogP) is -11.1. The van der Waals surface area contributed by atoms with E-state index in [0.717, 1.165) is 11.3 Å². The molecule has 6 saturated heterocycles. The van der Waals surface area contributed by atoms with Gasteiger partial charge in [0.05, 0.1) is 38.4 Å². The summed E-state index contributed by atoms with van der Waals surface area (Å²) in [6, 6.07) is 0.658. The van der Waals surface area contributed by atoms with E-state index in [-0.39, 0.29) is 30.2 Å². The van der Waals surface area contributed by atoms with Crippen molar-refractivity contribution in [3.8, 4) is 5.75 Å². The van der Waals surface area contributed by atoms with Gasteiger partial charge in [-0.15, -0.1) is 0 Å². The van der Waals surface area contributed by atoms with Gasteiger partial charge in [0.15, 0.2) is 24.4 Å². The molecule has 6 amide bonds.